The highest BCUT2D eigenvalue weighted by molar-refractivity contribution is 6.41. The molecule has 2 aromatic rings. The Kier molecular flexibility index (Phi) is 7.17. The standard InChI is InChI=1S/C18H25Cl2N5/c1-21-18(23-11-15-9-16(19)17(20)25(15)4)22-10-13-6-5-7-14(8-13)12-24(2)3/h5-9H,10-12H2,1-4H3,(H2,21,22,23). The molecule has 0 saturated carbocycles. The van der Waals surface area contributed by atoms with Gasteiger partial charge < -0.3 is 20.1 Å². The predicted octanol–water partition coefficient (Wildman–Crippen LogP) is 3.26. The zero-order chi connectivity index (χ0) is 18.4. The van der Waals surface area contributed by atoms with Gasteiger partial charge in [0.25, 0.3) is 0 Å². The number of halogens is 2. The lowest BCUT2D eigenvalue weighted by Crippen LogP contribution is -2.36. The van der Waals surface area contributed by atoms with Gasteiger partial charge in [0.05, 0.1) is 11.6 Å². The summed E-state index contributed by atoms with van der Waals surface area (Å²) in [5, 5.41) is 7.70. The van der Waals surface area contributed by atoms with Gasteiger partial charge in [0.1, 0.15) is 5.15 Å². The third kappa shape index (κ3) is 5.66. The normalized spacial score (nSPS) is 11.9. The van der Waals surface area contributed by atoms with Crippen molar-refractivity contribution in [1.29, 1.82) is 0 Å². The molecule has 7 heteroatoms. The van der Waals surface area contributed by atoms with Gasteiger partial charge in [-0.3, -0.25) is 4.99 Å². The SMILES string of the molecule is CN=C(NCc1cccc(CN(C)C)c1)NCc1cc(Cl)c(Cl)n1C. The van der Waals surface area contributed by atoms with Crippen LogP contribution in [0.4, 0.5) is 0 Å². The predicted molar refractivity (Wildman–Crippen MR) is 106 cm³/mol. The number of aliphatic imine (C=N–C) groups is 1. The second-order valence-electron chi connectivity index (χ2n) is 6.17. The molecule has 0 aliphatic heterocycles. The molecule has 0 spiro atoms. The van der Waals surface area contributed by atoms with E-state index in [1.54, 1.807) is 7.05 Å². The number of hydrogen-bond acceptors (Lipinski definition) is 2. The highest BCUT2D eigenvalue weighted by Crippen LogP contribution is 2.24. The van der Waals surface area contributed by atoms with E-state index in [-0.39, 0.29) is 0 Å². The van der Waals surface area contributed by atoms with Gasteiger partial charge in [-0.15, -0.1) is 0 Å². The van der Waals surface area contributed by atoms with Crippen LogP contribution in [-0.2, 0) is 26.7 Å². The second-order valence-corrected chi connectivity index (χ2v) is 6.94. The molecule has 25 heavy (non-hydrogen) atoms. The lowest BCUT2D eigenvalue weighted by Gasteiger charge is -2.14. The zero-order valence-corrected chi connectivity index (χ0v) is 16.6. The molecule has 0 unspecified atom stereocenters. The van der Waals surface area contributed by atoms with Gasteiger partial charge in [0.2, 0.25) is 0 Å². The van der Waals surface area contributed by atoms with Crippen molar-refractivity contribution in [3.8, 4) is 0 Å². The van der Waals surface area contributed by atoms with Gasteiger partial charge in [0.15, 0.2) is 5.96 Å². The molecule has 1 heterocycles. The maximum Gasteiger partial charge on any atom is 0.191 e. The lowest BCUT2D eigenvalue weighted by atomic mass is 10.1. The number of nitrogens with one attached hydrogen (secondary N) is 2. The molecule has 0 bridgehead atoms. The molecule has 1 aromatic carbocycles. The van der Waals surface area contributed by atoms with Crippen molar-refractivity contribution >= 4 is 29.2 Å². The zero-order valence-electron chi connectivity index (χ0n) is 15.1. The molecule has 0 aliphatic rings. The number of hydrogen-bond donors (Lipinski definition) is 2. The quantitative estimate of drug-likeness (QED) is 0.596. The summed E-state index contributed by atoms with van der Waals surface area (Å²) < 4.78 is 1.86. The van der Waals surface area contributed by atoms with E-state index in [1.807, 2.05) is 17.7 Å². The van der Waals surface area contributed by atoms with Gasteiger partial charge in [0, 0.05) is 32.9 Å². The molecule has 2 rings (SSSR count). The van der Waals surface area contributed by atoms with Crippen molar-refractivity contribution in [3.63, 3.8) is 0 Å². The molecule has 136 valence electrons. The first-order chi connectivity index (χ1) is 11.9. The fourth-order valence-corrected chi connectivity index (χ4v) is 2.96. The summed E-state index contributed by atoms with van der Waals surface area (Å²) in [6.07, 6.45) is 0. The Morgan fingerprint density at radius 2 is 1.80 bits per heavy atom. The first kappa shape index (κ1) is 19.6. The molecule has 5 nitrogen and oxygen atoms in total. The minimum absolute atomic E-state index is 0.541. The maximum absolute atomic E-state index is 6.09. The van der Waals surface area contributed by atoms with Crippen LogP contribution in [0.15, 0.2) is 35.3 Å². The Morgan fingerprint density at radius 3 is 2.40 bits per heavy atom. The van der Waals surface area contributed by atoms with Crippen LogP contribution in [0.1, 0.15) is 16.8 Å². The van der Waals surface area contributed by atoms with Crippen molar-refractivity contribution < 1.29 is 0 Å². The van der Waals surface area contributed by atoms with E-state index >= 15 is 0 Å². The van der Waals surface area contributed by atoms with Crippen molar-refractivity contribution in [2.75, 3.05) is 21.1 Å². The van der Waals surface area contributed by atoms with E-state index in [4.69, 9.17) is 23.2 Å². The Labute approximate surface area is 159 Å². The van der Waals surface area contributed by atoms with Crippen LogP contribution in [0.25, 0.3) is 0 Å². The fraction of sp³-hybridized carbons (Fsp3) is 0.389. The van der Waals surface area contributed by atoms with E-state index in [9.17, 15) is 0 Å². The lowest BCUT2D eigenvalue weighted by molar-refractivity contribution is 0.402. The molecule has 0 aliphatic carbocycles. The smallest absolute Gasteiger partial charge is 0.191 e. The highest BCUT2D eigenvalue weighted by Gasteiger charge is 2.09. The molecule has 0 saturated heterocycles. The monoisotopic (exact) mass is 381 g/mol. The van der Waals surface area contributed by atoms with Crippen molar-refractivity contribution in [2.45, 2.75) is 19.6 Å². The number of aromatic nitrogens is 1. The average Bonchev–Trinajstić information content (AvgIpc) is 2.82. The molecule has 0 amide bonds. The maximum atomic E-state index is 6.09. The van der Waals surface area contributed by atoms with Gasteiger partial charge in [-0.1, -0.05) is 47.5 Å². The topological polar surface area (TPSA) is 44.6 Å². The van der Waals surface area contributed by atoms with Crippen LogP contribution >= 0.6 is 23.2 Å². The van der Waals surface area contributed by atoms with Crippen LogP contribution in [0, 0.1) is 0 Å². The molecule has 1 aromatic heterocycles. The summed E-state index contributed by atoms with van der Waals surface area (Å²) in [4.78, 5) is 6.41. The minimum Gasteiger partial charge on any atom is -0.352 e. The molecule has 0 atom stereocenters. The molecule has 0 radical (unpaired) electrons. The van der Waals surface area contributed by atoms with Gasteiger partial charge in [-0.05, 0) is 31.3 Å². The minimum atomic E-state index is 0.541. The van der Waals surface area contributed by atoms with Crippen molar-refractivity contribution in [3.05, 3.63) is 57.3 Å². The Balaban J connectivity index is 1.91. The van der Waals surface area contributed by atoms with E-state index in [2.05, 4.69) is 58.9 Å². The first-order valence-corrected chi connectivity index (χ1v) is 8.83. The van der Waals surface area contributed by atoms with E-state index in [1.165, 1.54) is 11.1 Å². The number of rotatable bonds is 6. The first-order valence-electron chi connectivity index (χ1n) is 8.07. The highest BCUT2D eigenvalue weighted by atomic mass is 35.5. The summed E-state index contributed by atoms with van der Waals surface area (Å²) in [5.74, 6) is 0.728. The third-order valence-corrected chi connectivity index (χ3v) is 4.67. The summed E-state index contributed by atoms with van der Waals surface area (Å²) in [7, 11) is 7.78. The van der Waals surface area contributed by atoms with Gasteiger partial charge in [-0.2, -0.15) is 0 Å². The van der Waals surface area contributed by atoms with Crippen LogP contribution < -0.4 is 10.6 Å². The third-order valence-electron chi connectivity index (χ3n) is 3.83. The van der Waals surface area contributed by atoms with Crippen LogP contribution in [0.5, 0.6) is 0 Å². The van der Waals surface area contributed by atoms with Crippen LogP contribution in [0.3, 0.4) is 0 Å². The fourth-order valence-electron chi connectivity index (χ4n) is 2.54. The number of benzene rings is 1. The number of nitrogens with zero attached hydrogens (tertiary/aromatic N) is 3. The van der Waals surface area contributed by atoms with E-state index < -0.39 is 0 Å². The van der Waals surface area contributed by atoms with E-state index in [0.717, 1.165) is 18.2 Å². The van der Waals surface area contributed by atoms with Crippen LogP contribution in [0.2, 0.25) is 10.2 Å². The average molecular weight is 382 g/mol. The largest absolute Gasteiger partial charge is 0.352 e. The summed E-state index contributed by atoms with van der Waals surface area (Å²) in [6.45, 7) is 2.22. The van der Waals surface area contributed by atoms with Crippen molar-refractivity contribution in [2.24, 2.45) is 12.0 Å². The Bertz CT molecular complexity index is 737. The molecule has 0 fully saturated rings. The molecule has 2 N–H and O–H groups in total. The van der Waals surface area contributed by atoms with Crippen LogP contribution in [-0.4, -0.2) is 36.6 Å². The van der Waals surface area contributed by atoms with Crippen molar-refractivity contribution in [1.82, 2.24) is 20.1 Å². The van der Waals surface area contributed by atoms with E-state index in [0.29, 0.717) is 23.3 Å². The van der Waals surface area contributed by atoms with Gasteiger partial charge >= 0.3 is 0 Å². The summed E-state index contributed by atoms with van der Waals surface area (Å²) in [6, 6.07) is 10.4. The second kappa shape index (κ2) is 9.13. The molecular formula is C18H25Cl2N5. The summed E-state index contributed by atoms with van der Waals surface area (Å²) in [5.41, 5.74) is 3.50. The Hall–Kier alpha value is -1.69. The Morgan fingerprint density at radius 1 is 1.12 bits per heavy atom. The summed E-state index contributed by atoms with van der Waals surface area (Å²) >= 11 is 12.1. The number of guanidine groups is 1. The molecular weight excluding hydrogens is 357 g/mol. The van der Waals surface area contributed by atoms with Gasteiger partial charge in [-0.25, -0.2) is 0 Å².